The molecular weight excluding hydrogens is 528 g/mol. The number of nitrogens with zero attached hydrogens (tertiary/aromatic N) is 2. The number of anilines is 1. The Labute approximate surface area is 236 Å². The number of methoxy groups -OCH3 is 1. The maximum absolute atomic E-state index is 13.4. The fourth-order valence-corrected chi connectivity index (χ4v) is 5.52. The maximum atomic E-state index is 13.4. The van der Waals surface area contributed by atoms with Gasteiger partial charge in [-0.15, -0.1) is 0 Å². The zero-order valence-corrected chi connectivity index (χ0v) is 24.8. The smallest absolute Gasteiger partial charge is 0.255 e. The van der Waals surface area contributed by atoms with Gasteiger partial charge in [0.05, 0.1) is 12.8 Å². The van der Waals surface area contributed by atoms with Crippen LogP contribution in [-0.4, -0.2) is 50.7 Å². The van der Waals surface area contributed by atoms with Gasteiger partial charge in [0.15, 0.2) is 15.6 Å². The Morgan fingerprint density at radius 2 is 1.85 bits per heavy atom. The van der Waals surface area contributed by atoms with E-state index < -0.39 is 15.7 Å². The normalized spacial score (nSPS) is 14.6. The van der Waals surface area contributed by atoms with Gasteiger partial charge in [0.1, 0.15) is 16.5 Å². The number of sulfone groups is 1. The molecule has 2 heterocycles. The molecule has 0 aliphatic carbocycles. The Morgan fingerprint density at radius 3 is 2.50 bits per heavy atom. The van der Waals surface area contributed by atoms with Crippen molar-refractivity contribution in [2.75, 3.05) is 31.8 Å². The van der Waals surface area contributed by atoms with Crippen LogP contribution < -0.4 is 20.1 Å². The van der Waals surface area contributed by atoms with E-state index in [1.54, 1.807) is 42.6 Å². The van der Waals surface area contributed by atoms with Gasteiger partial charge in [-0.1, -0.05) is 26.8 Å². The summed E-state index contributed by atoms with van der Waals surface area (Å²) < 4.78 is 36.7. The number of benzene rings is 2. The number of ether oxygens (including phenoxy) is 2. The highest BCUT2D eigenvalue weighted by molar-refractivity contribution is 7.90. The summed E-state index contributed by atoms with van der Waals surface area (Å²) in [6, 6.07) is 10.2. The minimum atomic E-state index is -3.62. The van der Waals surface area contributed by atoms with Gasteiger partial charge in [-0.3, -0.25) is 4.79 Å². The van der Waals surface area contributed by atoms with E-state index in [0.717, 1.165) is 55.6 Å². The fourth-order valence-electron chi connectivity index (χ4n) is 4.65. The first-order valence-electron chi connectivity index (χ1n) is 13.4. The predicted octanol–water partition coefficient (Wildman–Crippen LogP) is 5.08. The average Bonchev–Trinajstić information content (AvgIpc) is 2.89. The summed E-state index contributed by atoms with van der Waals surface area (Å²) in [7, 11) is -2.24. The monoisotopic (exact) mass is 566 g/mol. The van der Waals surface area contributed by atoms with E-state index in [2.05, 4.69) is 20.6 Å². The van der Waals surface area contributed by atoms with Gasteiger partial charge in [-0.05, 0) is 79.6 Å². The molecule has 2 N–H and O–H groups in total. The standard InChI is InChI=1S/C30H38N4O5S/c1-19-7-8-21(16-24(19)39-27-11-14-32-26(34-27)15-20-9-12-31-13-10-20)29(35)33-23-17-22(30(2,3)4)18-25(28(23)38-5)40(6,36)37/h7-8,11,14,16-18,20,31H,9-10,12-13,15H2,1-6H3,(H,33,35). The third-order valence-corrected chi connectivity index (χ3v) is 8.15. The van der Waals surface area contributed by atoms with Gasteiger partial charge in [0.2, 0.25) is 5.88 Å². The number of piperidine rings is 1. The fraction of sp³-hybridized carbons (Fsp3) is 0.433. The Morgan fingerprint density at radius 1 is 1.12 bits per heavy atom. The number of carbonyl (C=O) groups is 1. The quantitative estimate of drug-likeness (QED) is 0.387. The molecule has 0 spiro atoms. The molecule has 4 rings (SSSR count). The number of rotatable bonds is 8. The van der Waals surface area contributed by atoms with E-state index in [4.69, 9.17) is 9.47 Å². The molecule has 1 aromatic heterocycles. The van der Waals surface area contributed by atoms with Crippen LogP contribution >= 0.6 is 0 Å². The lowest BCUT2D eigenvalue weighted by Gasteiger charge is -2.23. The highest BCUT2D eigenvalue weighted by Gasteiger charge is 2.25. The van der Waals surface area contributed by atoms with Gasteiger partial charge >= 0.3 is 0 Å². The third-order valence-electron chi connectivity index (χ3n) is 7.05. The van der Waals surface area contributed by atoms with Gasteiger partial charge in [0, 0.05) is 30.5 Å². The topological polar surface area (TPSA) is 120 Å². The van der Waals surface area contributed by atoms with Crippen molar-refractivity contribution in [3.05, 3.63) is 65.1 Å². The molecule has 214 valence electrons. The van der Waals surface area contributed by atoms with Crippen LogP contribution in [0.2, 0.25) is 0 Å². The molecule has 1 saturated heterocycles. The van der Waals surface area contributed by atoms with E-state index in [1.807, 2.05) is 27.7 Å². The first-order chi connectivity index (χ1) is 18.8. The average molecular weight is 567 g/mol. The minimum Gasteiger partial charge on any atom is -0.493 e. The molecule has 3 aromatic rings. The molecule has 0 saturated carbocycles. The van der Waals surface area contributed by atoms with Crippen molar-refractivity contribution in [2.45, 2.75) is 57.3 Å². The van der Waals surface area contributed by atoms with Crippen molar-refractivity contribution in [1.29, 1.82) is 0 Å². The van der Waals surface area contributed by atoms with E-state index in [9.17, 15) is 13.2 Å². The molecule has 1 fully saturated rings. The number of hydrogen-bond donors (Lipinski definition) is 2. The Hall–Kier alpha value is -3.50. The van der Waals surface area contributed by atoms with Crippen molar-refractivity contribution in [3.63, 3.8) is 0 Å². The minimum absolute atomic E-state index is 0.0229. The van der Waals surface area contributed by atoms with Crippen LogP contribution in [0, 0.1) is 12.8 Å². The summed E-state index contributed by atoms with van der Waals surface area (Å²) in [4.78, 5) is 22.4. The lowest BCUT2D eigenvalue weighted by Crippen LogP contribution is -2.29. The molecule has 0 atom stereocenters. The van der Waals surface area contributed by atoms with Crippen LogP contribution in [0.15, 0.2) is 47.5 Å². The molecule has 1 aliphatic rings. The number of aryl methyl sites for hydroxylation is 1. The highest BCUT2D eigenvalue weighted by atomic mass is 32.2. The number of hydrogen-bond acceptors (Lipinski definition) is 8. The van der Waals surface area contributed by atoms with Crippen LogP contribution in [0.5, 0.6) is 17.4 Å². The van der Waals surface area contributed by atoms with Crippen LogP contribution in [0.4, 0.5) is 5.69 Å². The van der Waals surface area contributed by atoms with Crippen LogP contribution in [0.3, 0.4) is 0 Å². The molecule has 2 aromatic carbocycles. The lowest BCUT2D eigenvalue weighted by atomic mass is 9.86. The number of amides is 1. The largest absolute Gasteiger partial charge is 0.493 e. The SMILES string of the molecule is COc1c(NC(=O)c2ccc(C)c(Oc3ccnc(CC4CCNCC4)n3)c2)cc(C(C)(C)C)cc1S(C)(=O)=O. The molecule has 10 heteroatoms. The summed E-state index contributed by atoms with van der Waals surface area (Å²) in [6.45, 7) is 9.83. The van der Waals surface area contributed by atoms with Crippen molar-refractivity contribution in [3.8, 4) is 17.4 Å². The summed E-state index contributed by atoms with van der Waals surface area (Å²) in [5.74, 6) is 1.85. The summed E-state index contributed by atoms with van der Waals surface area (Å²) in [5.41, 5.74) is 1.85. The van der Waals surface area contributed by atoms with Crippen molar-refractivity contribution < 1.29 is 22.7 Å². The predicted molar refractivity (Wildman–Crippen MR) is 155 cm³/mol. The first kappa shape index (κ1) is 29.5. The van der Waals surface area contributed by atoms with Crippen molar-refractivity contribution >= 4 is 21.4 Å². The Kier molecular flexibility index (Phi) is 8.80. The van der Waals surface area contributed by atoms with E-state index in [0.29, 0.717) is 23.1 Å². The lowest BCUT2D eigenvalue weighted by molar-refractivity contribution is 0.102. The van der Waals surface area contributed by atoms with E-state index >= 15 is 0 Å². The number of aromatic nitrogens is 2. The number of nitrogens with one attached hydrogen (secondary N) is 2. The molecular formula is C30H38N4O5S. The molecule has 9 nitrogen and oxygen atoms in total. The molecule has 40 heavy (non-hydrogen) atoms. The molecule has 0 unspecified atom stereocenters. The van der Waals surface area contributed by atoms with Crippen LogP contribution in [0.25, 0.3) is 0 Å². The van der Waals surface area contributed by atoms with Crippen LogP contribution in [0.1, 0.15) is 60.9 Å². The van der Waals surface area contributed by atoms with E-state index in [1.165, 1.54) is 7.11 Å². The van der Waals surface area contributed by atoms with Gasteiger partial charge in [0.25, 0.3) is 5.91 Å². The zero-order chi connectivity index (χ0) is 29.1. The molecule has 1 amide bonds. The number of carbonyl (C=O) groups excluding carboxylic acids is 1. The van der Waals surface area contributed by atoms with Crippen molar-refractivity contribution in [1.82, 2.24) is 15.3 Å². The van der Waals surface area contributed by atoms with Gasteiger partial charge in [-0.2, -0.15) is 4.98 Å². The van der Waals surface area contributed by atoms with Gasteiger partial charge in [-0.25, -0.2) is 13.4 Å². The summed E-state index contributed by atoms with van der Waals surface area (Å²) in [6.07, 6.45) is 5.81. The maximum Gasteiger partial charge on any atom is 0.255 e. The first-order valence-corrected chi connectivity index (χ1v) is 15.3. The second-order valence-electron chi connectivity index (χ2n) is 11.3. The molecule has 0 bridgehead atoms. The highest BCUT2D eigenvalue weighted by Crippen LogP contribution is 2.38. The van der Waals surface area contributed by atoms with Crippen LogP contribution in [-0.2, 0) is 21.7 Å². The molecule has 0 radical (unpaired) electrons. The van der Waals surface area contributed by atoms with Gasteiger partial charge < -0.3 is 20.1 Å². The zero-order valence-electron chi connectivity index (χ0n) is 24.0. The summed E-state index contributed by atoms with van der Waals surface area (Å²) in [5, 5.41) is 6.23. The molecule has 1 aliphatic heterocycles. The van der Waals surface area contributed by atoms with Crippen molar-refractivity contribution in [2.24, 2.45) is 5.92 Å². The third kappa shape index (κ3) is 7.17. The second-order valence-corrected chi connectivity index (χ2v) is 13.3. The summed E-state index contributed by atoms with van der Waals surface area (Å²) >= 11 is 0. The Bertz CT molecular complexity index is 1490. The second kappa shape index (κ2) is 11.9. The Balaban J connectivity index is 1.59. The van der Waals surface area contributed by atoms with E-state index in [-0.39, 0.29) is 21.7 Å².